The Bertz CT molecular complexity index is 711. The van der Waals surface area contributed by atoms with Crippen molar-refractivity contribution in [2.45, 2.75) is 44.2 Å². The van der Waals surface area contributed by atoms with Gasteiger partial charge in [0, 0.05) is 58.5 Å². The van der Waals surface area contributed by atoms with Gasteiger partial charge < -0.3 is 14.5 Å². The lowest BCUT2D eigenvalue weighted by Gasteiger charge is -2.44. The Morgan fingerprint density at radius 1 is 0.906 bits per heavy atom. The van der Waals surface area contributed by atoms with Crippen LogP contribution in [0.5, 0.6) is 0 Å². The number of piperazine rings is 1. The lowest BCUT2D eigenvalue weighted by atomic mass is 9.97. The van der Waals surface area contributed by atoms with Crippen molar-refractivity contribution < 1.29 is 4.74 Å². The molecule has 0 amide bonds. The first-order valence-electron chi connectivity index (χ1n) is 12.7. The van der Waals surface area contributed by atoms with E-state index in [1.807, 2.05) is 12.1 Å². The third-order valence-electron chi connectivity index (χ3n) is 7.78. The Kier molecular flexibility index (Phi) is 8.95. The molecule has 0 spiro atoms. The lowest BCUT2D eigenvalue weighted by Crippen LogP contribution is -2.52. The van der Waals surface area contributed by atoms with Crippen molar-refractivity contribution in [3.63, 3.8) is 0 Å². The molecule has 0 radical (unpaired) electrons. The molecule has 6 nitrogen and oxygen atoms in total. The summed E-state index contributed by atoms with van der Waals surface area (Å²) in [4.78, 5) is 10.6. The SMILES string of the molecule is COCCN1CCN(C(CN2CCC(N3CCCCC3)CC2)c2ccc(C#N)cc2)CC1. The Hall–Kier alpha value is -1.49. The molecule has 3 heterocycles. The summed E-state index contributed by atoms with van der Waals surface area (Å²) in [6.45, 7) is 12.4. The number of hydrogen-bond donors (Lipinski definition) is 0. The predicted octanol–water partition coefficient (Wildman–Crippen LogP) is 2.81. The molecule has 0 aliphatic carbocycles. The van der Waals surface area contributed by atoms with Crippen molar-refractivity contribution in [2.75, 3.05) is 79.2 Å². The average molecular weight is 440 g/mol. The monoisotopic (exact) mass is 439 g/mol. The number of hydrogen-bond acceptors (Lipinski definition) is 6. The highest BCUT2D eigenvalue weighted by atomic mass is 16.5. The number of rotatable bonds is 8. The molecule has 1 atom stereocenters. The Morgan fingerprint density at radius 2 is 1.59 bits per heavy atom. The first-order valence-corrected chi connectivity index (χ1v) is 12.7. The molecule has 176 valence electrons. The second-order valence-electron chi connectivity index (χ2n) is 9.75. The summed E-state index contributed by atoms with van der Waals surface area (Å²) in [5, 5.41) is 9.22. The minimum Gasteiger partial charge on any atom is -0.383 e. The summed E-state index contributed by atoms with van der Waals surface area (Å²) in [5.41, 5.74) is 2.10. The molecule has 1 aromatic rings. The standard InChI is InChI=1S/C26H41N5O/c1-32-20-19-28-15-17-31(18-16-28)26(24-7-5-23(21-27)6-8-24)22-29-13-9-25(10-14-29)30-11-3-2-4-12-30/h5-8,25-26H,2-4,9-20,22H2,1H3. The molecular formula is C26H41N5O. The molecule has 0 saturated carbocycles. The number of methoxy groups -OCH3 is 1. The minimum atomic E-state index is 0.402. The summed E-state index contributed by atoms with van der Waals surface area (Å²) >= 11 is 0. The number of benzene rings is 1. The van der Waals surface area contributed by atoms with Crippen LogP contribution in [0.4, 0.5) is 0 Å². The lowest BCUT2D eigenvalue weighted by molar-refractivity contribution is 0.0445. The molecule has 3 fully saturated rings. The number of ether oxygens (including phenoxy) is 1. The van der Waals surface area contributed by atoms with Crippen LogP contribution in [0.1, 0.15) is 49.3 Å². The topological polar surface area (TPSA) is 46.0 Å². The predicted molar refractivity (Wildman–Crippen MR) is 129 cm³/mol. The zero-order valence-electron chi connectivity index (χ0n) is 19.9. The first-order chi connectivity index (χ1) is 15.8. The molecule has 3 aliphatic rings. The van der Waals surface area contributed by atoms with Crippen LogP contribution in [0, 0.1) is 11.3 Å². The number of nitrogens with zero attached hydrogens (tertiary/aromatic N) is 5. The molecule has 6 heteroatoms. The fourth-order valence-corrected chi connectivity index (χ4v) is 5.73. The highest BCUT2D eigenvalue weighted by Gasteiger charge is 2.30. The van der Waals surface area contributed by atoms with Gasteiger partial charge in [0.25, 0.3) is 0 Å². The van der Waals surface area contributed by atoms with Gasteiger partial charge in [-0.25, -0.2) is 0 Å². The Balaban J connectivity index is 1.37. The second-order valence-corrected chi connectivity index (χ2v) is 9.75. The van der Waals surface area contributed by atoms with Gasteiger partial charge in [0.1, 0.15) is 0 Å². The largest absolute Gasteiger partial charge is 0.383 e. The highest BCUT2D eigenvalue weighted by Crippen LogP contribution is 2.27. The van der Waals surface area contributed by atoms with E-state index >= 15 is 0 Å². The molecule has 1 aromatic carbocycles. The maximum absolute atomic E-state index is 9.22. The van der Waals surface area contributed by atoms with Crippen LogP contribution in [0.15, 0.2) is 24.3 Å². The van der Waals surface area contributed by atoms with Crippen molar-refractivity contribution in [2.24, 2.45) is 0 Å². The van der Waals surface area contributed by atoms with E-state index in [9.17, 15) is 5.26 Å². The van der Waals surface area contributed by atoms with E-state index in [0.29, 0.717) is 6.04 Å². The zero-order chi connectivity index (χ0) is 22.2. The fourth-order valence-electron chi connectivity index (χ4n) is 5.73. The smallest absolute Gasteiger partial charge is 0.0991 e. The highest BCUT2D eigenvalue weighted by molar-refractivity contribution is 5.33. The molecular weight excluding hydrogens is 398 g/mol. The third kappa shape index (κ3) is 6.30. The summed E-state index contributed by atoms with van der Waals surface area (Å²) in [5.74, 6) is 0. The zero-order valence-corrected chi connectivity index (χ0v) is 19.9. The van der Waals surface area contributed by atoms with Crippen LogP contribution in [0.3, 0.4) is 0 Å². The van der Waals surface area contributed by atoms with Crippen LogP contribution in [-0.2, 0) is 4.74 Å². The van der Waals surface area contributed by atoms with Crippen molar-refractivity contribution in [1.29, 1.82) is 5.26 Å². The van der Waals surface area contributed by atoms with Crippen LogP contribution in [0.2, 0.25) is 0 Å². The average Bonchev–Trinajstić information content (AvgIpc) is 2.87. The normalized spacial score (nSPS) is 23.8. The van der Waals surface area contributed by atoms with Gasteiger partial charge >= 0.3 is 0 Å². The van der Waals surface area contributed by atoms with Crippen molar-refractivity contribution in [1.82, 2.24) is 19.6 Å². The number of likely N-dealkylation sites (tertiary alicyclic amines) is 2. The van der Waals surface area contributed by atoms with E-state index in [1.54, 1.807) is 7.11 Å². The van der Waals surface area contributed by atoms with Crippen molar-refractivity contribution >= 4 is 0 Å². The Labute approximate surface area is 194 Å². The second kappa shape index (κ2) is 12.1. The van der Waals surface area contributed by atoms with Crippen molar-refractivity contribution in [3.8, 4) is 6.07 Å². The van der Waals surface area contributed by atoms with Crippen LogP contribution in [0.25, 0.3) is 0 Å². The van der Waals surface area contributed by atoms with E-state index in [1.165, 1.54) is 63.8 Å². The van der Waals surface area contributed by atoms with Gasteiger partial charge in [-0.2, -0.15) is 5.26 Å². The number of nitriles is 1. The summed E-state index contributed by atoms with van der Waals surface area (Å²) in [6.07, 6.45) is 6.81. The molecule has 3 saturated heterocycles. The summed E-state index contributed by atoms with van der Waals surface area (Å²) < 4.78 is 5.27. The Morgan fingerprint density at radius 3 is 2.22 bits per heavy atom. The summed E-state index contributed by atoms with van der Waals surface area (Å²) in [6, 6.07) is 11.8. The van der Waals surface area contributed by atoms with Gasteiger partial charge in [-0.1, -0.05) is 18.6 Å². The van der Waals surface area contributed by atoms with E-state index in [-0.39, 0.29) is 0 Å². The van der Waals surface area contributed by atoms with Crippen LogP contribution in [-0.4, -0.2) is 105 Å². The molecule has 3 aliphatic heterocycles. The maximum atomic E-state index is 9.22. The third-order valence-corrected chi connectivity index (χ3v) is 7.78. The molecule has 0 bridgehead atoms. The van der Waals surface area contributed by atoms with E-state index in [4.69, 9.17) is 4.74 Å². The van der Waals surface area contributed by atoms with Crippen LogP contribution < -0.4 is 0 Å². The quantitative estimate of drug-likeness (QED) is 0.621. The fraction of sp³-hybridized carbons (Fsp3) is 0.731. The summed E-state index contributed by atoms with van der Waals surface area (Å²) in [7, 11) is 1.78. The van der Waals surface area contributed by atoms with E-state index < -0.39 is 0 Å². The van der Waals surface area contributed by atoms with Gasteiger partial charge in [-0.3, -0.25) is 9.80 Å². The van der Waals surface area contributed by atoms with Gasteiger partial charge in [-0.05, 0) is 69.6 Å². The molecule has 32 heavy (non-hydrogen) atoms. The maximum Gasteiger partial charge on any atom is 0.0991 e. The molecule has 1 unspecified atom stereocenters. The van der Waals surface area contributed by atoms with E-state index in [2.05, 4.69) is 37.8 Å². The van der Waals surface area contributed by atoms with Gasteiger partial charge in [-0.15, -0.1) is 0 Å². The molecule has 0 aromatic heterocycles. The van der Waals surface area contributed by atoms with Gasteiger partial charge in [0.05, 0.1) is 18.2 Å². The van der Waals surface area contributed by atoms with Crippen molar-refractivity contribution in [3.05, 3.63) is 35.4 Å². The molecule has 4 rings (SSSR count). The minimum absolute atomic E-state index is 0.402. The van der Waals surface area contributed by atoms with Crippen LogP contribution >= 0.6 is 0 Å². The first kappa shape index (κ1) is 23.7. The van der Waals surface area contributed by atoms with E-state index in [0.717, 1.165) is 57.5 Å². The molecule has 0 N–H and O–H groups in total. The van der Waals surface area contributed by atoms with Gasteiger partial charge in [0.15, 0.2) is 0 Å². The van der Waals surface area contributed by atoms with Gasteiger partial charge in [0.2, 0.25) is 0 Å². The number of piperidine rings is 2.